The Morgan fingerprint density at radius 1 is 0.781 bits per heavy atom. The van der Waals surface area contributed by atoms with E-state index in [1.807, 2.05) is 0 Å². The van der Waals surface area contributed by atoms with Crippen molar-refractivity contribution in [2.45, 2.75) is 18.6 Å². The van der Waals surface area contributed by atoms with Crippen molar-refractivity contribution < 1.29 is 50.0 Å². The molecule has 0 spiro atoms. The highest BCUT2D eigenvalue weighted by molar-refractivity contribution is 5.90. The SMILES string of the molecule is O=C(OC1Cc2c(O)cc(O)cc2OC1c1cc(O)c(O)c(O)c1)c1cc(O)cc(O)c1. The molecule has 0 radical (unpaired) electrons. The van der Waals surface area contributed by atoms with Crippen molar-refractivity contribution in [1.82, 2.24) is 0 Å². The summed E-state index contributed by atoms with van der Waals surface area (Å²) in [5.74, 6) is -4.17. The van der Waals surface area contributed by atoms with Crippen LogP contribution < -0.4 is 4.74 Å². The first kappa shape index (κ1) is 20.8. The van der Waals surface area contributed by atoms with E-state index < -0.39 is 35.4 Å². The maximum absolute atomic E-state index is 12.7. The first-order valence-electron chi connectivity index (χ1n) is 9.32. The topological polar surface area (TPSA) is 177 Å². The molecule has 32 heavy (non-hydrogen) atoms. The van der Waals surface area contributed by atoms with Crippen LogP contribution in [-0.2, 0) is 11.2 Å². The van der Waals surface area contributed by atoms with Gasteiger partial charge in [0.15, 0.2) is 23.4 Å². The van der Waals surface area contributed by atoms with E-state index in [0.29, 0.717) is 0 Å². The number of rotatable bonds is 3. The Kier molecular flexibility index (Phi) is 4.97. The van der Waals surface area contributed by atoms with E-state index in [0.717, 1.165) is 36.4 Å². The third-order valence-corrected chi connectivity index (χ3v) is 4.98. The lowest BCUT2D eigenvalue weighted by molar-refractivity contribution is -0.0189. The first-order chi connectivity index (χ1) is 15.1. The molecule has 4 rings (SSSR count). The average Bonchev–Trinajstić information content (AvgIpc) is 2.71. The summed E-state index contributed by atoms with van der Waals surface area (Å²) in [6.45, 7) is 0. The number of ether oxygens (including phenoxy) is 2. The zero-order valence-electron chi connectivity index (χ0n) is 16.3. The van der Waals surface area contributed by atoms with Crippen LogP contribution in [0, 0.1) is 0 Å². The Bertz CT molecular complexity index is 1180. The molecule has 0 saturated carbocycles. The van der Waals surface area contributed by atoms with Crippen LogP contribution in [0.5, 0.6) is 46.0 Å². The number of hydrogen-bond donors (Lipinski definition) is 7. The quantitative estimate of drug-likeness (QED) is 0.235. The van der Waals surface area contributed by atoms with Gasteiger partial charge >= 0.3 is 5.97 Å². The van der Waals surface area contributed by atoms with Crippen LogP contribution in [0.25, 0.3) is 0 Å². The van der Waals surface area contributed by atoms with Crippen molar-refractivity contribution in [2.75, 3.05) is 0 Å². The van der Waals surface area contributed by atoms with E-state index in [1.165, 1.54) is 6.07 Å². The van der Waals surface area contributed by atoms with E-state index in [9.17, 15) is 40.5 Å². The summed E-state index contributed by atoms with van der Waals surface area (Å²) in [6.07, 6.45) is -2.32. The maximum Gasteiger partial charge on any atom is 0.338 e. The van der Waals surface area contributed by atoms with Crippen molar-refractivity contribution >= 4 is 5.97 Å². The van der Waals surface area contributed by atoms with E-state index >= 15 is 0 Å². The molecule has 0 saturated heterocycles. The Balaban J connectivity index is 1.75. The highest BCUT2D eigenvalue weighted by Gasteiger charge is 2.37. The van der Waals surface area contributed by atoms with Crippen LogP contribution in [0.2, 0.25) is 0 Å². The number of phenolic OH excluding ortho intramolecular Hbond substituents is 7. The Hall–Kier alpha value is -4.47. The summed E-state index contributed by atoms with van der Waals surface area (Å²) in [5.41, 5.74) is 0.212. The van der Waals surface area contributed by atoms with Crippen LogP contribution in [0.15, 0.2) is 42.5 Å². The minimum atomic E-state index is -1.13. The summed E-state index contributed by atoms with van der Waals surface area (Å²) < 4.78 is 11.3. The number of benzene rings is 3. The van der Waals surface area contributed by atoms with Gasteiger partial charge in [-0.3, -0.25) is 0 Å². The molecule has 0 aromatic heterocycles. The number of carbonyl (C=O) groups excluding carboxylic acids is 1. The molecular formula is C22H18O10. The van der Waals surface area contributed by atoms with Crippen molar-refractivity contribution in [2.24, 2.45) is 0 Å². The fourth-order valence-electron chi connectivity index (χ4n) is 3.54. The number of hydrogen-bond acceptors (Lipinski definition) is 10. The molecule has 3 aromatic carbocycles. The molecule has 3 aromatic rings. The van der Waals surface area contributed by atoms with Crippen molar-refractivity contribution in [3.05, 3.63) is 59.2 Å². The predicted molar refractivity (Wildman–Crippen MR) is 107 cm³/mol. The number of carbonyl (C=O) groups is 1. The number of phenols is 7. The molecule has 1 heterocycles. The van der Waals surface area contributed by atoms with Gasteiger partial charge in [0.25, 0.3) is 0 Å². The molecule has 10 nitrogen and oxygen atoms in total. The van der Waals surface area contributed by atoms with Gasteiger partial charge in [0, 0.05) is 35.7 Å². The fourth-order valence-corrected chi connectivity index (χ4v) is 3.54. The highest BCUT2D eigenvalue weighted by atomic mass is 16.6. The standard InChI is InChI=1S/C22H18O10/c23-11-1-10(2-12(24)5-11)22(30)32-19-8-14-15(26)6-13(25)7-18(14)31-21(19)9-3-16(27)20(29)17(28)4-9/h1-7,19,21,23-29H,8H2. The predicted octanol–water partition coefficient (Wildman–Crippen LogP) is 2.53. The van der Waals surface area contributed by atoms with E-state index in [4.69, 9.17) is 9.47 Å². The van der Waals surface area contributed by atoms with Gasteiger partial charge in [-0.2, -0.15) is 0 Å². The van der Waals surface area contributed by atoms with Gasteiger partial charge in [-0.1, -0.05) is 0 Å². The lowest BCUT2D eigenvalue weighted by Gasteiger charge is -2.34. The molecule has 2 unspecified atom stereocenters. The zero-order chi connectivity index (χ0) is 23.2. The zero-order valence-corrected chi connectivity index (χ0v) is 16.3. The molecule has 7 N–H and O–H groups in total. The van der Waals surface area contributed by atoms with Crippen molar-refractivity contribution in [3.8, 4) is 46.0 Å². The molecular weight excluding hydrogens is 424 g/mol. The van der Waals surface area contributed by atoms with Crippen LogP contribution >= 0.6 is 0 Å². The minimum absolute atomic E-state index is 0.0783. The largest absolute Gasteiger partial charge is 0.508 e. The third kappa shape index (κ3) is 3.81. The Labute approximate surface area is 180 Å². The fraction of sp³-hybridized carbons (Fsp3) is 0.136. The average molecular weight is 442 g/mol. The third-order valence-electron chi connectivity index (χ3n) is 4.98. The second-order valence-corrected chi connectivity index (χ2v) is 7.27. The van der Waals surface area contributed by atoms with Gasteiger partial charge in [0.05, 0.1) is 5.56 Å². The van der Waals surface area contributed by atoms with Gasteiger partial charge in [-0.25, -0.2) is 4.79 Å². The molecule has 1 aliphatic rings. The summed E-state index contributed by atoms with van der Waals surface area (Å²) in [7, 11) is 0. The smallest absolute Gasteiger partial charge is 0.338 e. The molecule has 2 atom stereocenters. The molecule has 0 fully saturated rings. The van der Waals surface area contributed by atoms with Crippen LogP contribution in [0.1, 0.15) is 27.6 Å². The first-order valence-corrected chi connectivity index (χ1v) is 9.32. The van der Waals surface area contributed by atoms with Gasteiger partial charge in [0.1, 0.15) is 34.9 Å². The molecule has 166 valence electrons. The normalized spacial score (nSPS) is 17.2. The monoisotopic (exact) mass is 442 g/mol. The van der Waals surface area contributed by atoms with Gasteiger partial charge < -0.3 is 45.2 Å². The van der Waals surface area contributed by atoms with Gasteiger partial charge in [-0.15, -0.1) is 0 Å². The maximum atomic E-state index is 12.7. The van der Waals surface area contributed by atoms with Gasteiger partial charge in [0.2, 0.25) is 0 Å². The molecule has 0 bridgehead atoms. The molecule has 0 amide bonds. The van der Waals surface area contributed by atoms with E-state index in [-0.39, 0.29) is 51.9 Å². The number of esters is 1. The van der Waals surface area contributed by atoms with E-state index in [1.54, 1.807) is 0 Å². The van der Waals surface area contributed by atoms with Crippen LogP contribution in [0.4, 0.5) is 0 Å². The second kappa shape index (κ2) is 7.65. The summed E-state index contributed by atoms with van der Waals surface area (Å²) in [6, 6.07) is 7.75. The second-order valence-electron chi connectivity index (χ2n) is 7.27. The number of fused-ring (bicyclic) bond motifs is 1. The highest BCUT2D eigenvalue weighted by Crippen LogP contribution is 2.45. The molecule has 10 heteroatoms. The minimum Gasteiger partial charge on any atom is -0.508 e. The van der Waals surface area contributed by atoms with Crippen LogP contribution in [0.3, 0.4) is 0 Å². The lowest BCUT2D eigenvalue weighted by Crippen LogP contribution is -2.34. The van der Waals surface area contributed by atoms with Crippen molar-refractivity contribution in [1.29, 1.82) is 0 Å². The van der Waals surface area contributed by atoms with Crippen molar-refractivity contribution in [3.63, 3.8) is 0 Å². The van der Waals surface area contributed by atoms with Crippen LogP contribution in [-0.4, -0.2) is 47.8 Å². The number of aromatic hydroxyl groups is 7. The molecule has 1 aliphatic heterocycles. The summed E-state index contributed by atoms with van der Waals surface area (Å²) >= 11 is 0. The van der Waals surface area contributed by atoms with Gasteiger partial charge in [-0.05, 0) is 24.3 Å². The molecule has 0 aliphatic carbocycles. The van der Waals surface area contributed by atoms with E-state index in [2.05, 4.69) is 0 Å². The summed E-state index contributed by atoms with van der Waals surface area (Å²) in [4.78, 5) is 12.7. The Morgan fingerprint density at radius 3 is 2.00 bits per heavy atom. The Morgan fingerprint density at radius 2 is 1.38 bits per heavy atom. The summed E-state index contributed by atoms with van der Waals surface area (Å²) in [5, 5.41) is 68.7. The lowest BCUT2D eigenvalue weighted by atomic mass is 9.93.